The van der Waals surface area contributed by atoms with Crippen molar-refractivity contribution in [1.29, 1.82) is 0 Å². The van der Waals surface area contributed by atoms with Crippen LogP contribution in [-0.2, 0) is 4.79 Å². The van der Waals surface area contributed by atoms with Gasteiger partial charge in [-0.05, 0) is 44.4 Å². The molecule has 4 heteroatoms. The summed E-state index contributed by atoms with van der Waals surface area (Å²) in [6, 6.07) is 7.44. The number of nitrogens with one attached hydrogen (secondary N) is 2. The average molecular weight is 262 g/mol. The van der Waals surface area contributed by atoms with Gasteiger partial charge in [-0.3, -0.25) is 4.79 Å². The number of hydrogen-bond acceptors (Lipinski definition) is 3. The molecule has 1 fully saturated rings. The number of rotatable bonds is 4. The van der Waals surface area contributed by atoms with Crippen molar-refractivity contribution in [3.63, 3.8) is 0 Å². The van der Waals surface area contributed by atoms with E-state index in [9.17, 15) is 4.79 Å². The Hall–Kier alpha value is -1.55. The second-order valence-corrected chi connectivity index (χ2v) is 4.97. The fraction of sp³-hybridized carbons (Fsp3) is 0.533. The highest BCUT2D eigenvalue weighted by molar-refractivity contribution is 5.96. The first-order chi connectivity index (χ1) is 9.22. The van der Waals surface area contributed by atoms with Crippen molar-refractivity contribution in [3.8, 4) is 5.75 Å². The zero-order chi connectivity index (χ0) is 13.7. The van der Waals surface area contributed by atoms with Gasteiger partial charge in [0.1, 0.15) is 5.75 Å². The summed E-state index contributed by atoms with van der Waals surface area (Å²) in [5, 5.41) is 6.26. The number of benzene rings is 1. The molecule has 0 bridgehead atoms. The van der Waals surface area contributed by atoms with E-state index in [-0.39, 0.29) is 11.9 Å². The lowest BCUT2D eigenvalue weighted by Gasteiger charge is -2.29. The van der Waals surface area contributed by atoms with Crippen LogP contribution in [0.3, 0.4) is 0 Å². The maximum Gasteiger partial charge on any atom is 0.241 e. The lowest BCUT2D eigenvalue weighted by Crippen LogP contribution is -2.48. The lowest BCUT2D eigenvalue weighted by atomic mass is 9.92. The van der Waals surface area contributed by atoms with Crippen molar-refractivity contribution in [2.75, 3.05) is 18.5 Å². The monoisotopic (exact) mass is 262 g/mol. The minimum absolute atomic E-state index is 0.0272. The van der Waals surface area contributed by atoms with Gasteiger partial charge in [0.05, 0.1) is 18.3 Å². The first-order valence-electron chi connectivity index (χ1n) is 6.98. The van der Waals surface area contributed by atoms with E-state index in [2.05, 4.69) is 17.6 Å². The highest BCUT2D eigenvalue weighted by Gasteiger charge is 2.27. The van der Waals surface area contributed by atoms with Crippen molar-refractivity contribution in [3.05, 3.63) is 24.3 Å². The number of carbonyl (C=O) groups excluding carboxylic acids is 1. The predicted octanol–water partition coefficient (Wildman–Crippen LogP) is 2.41. The Morgan fingerprint density at radius 2 is 2.26 bits per heavy atom. The fourth-order valence-electron chi connectivity index (χ4n) is 2.46. The Labute approximate surface area is 114 Å². The third kappa shape index (κ3) is 3.47. The zero-order valence-electron chi connectivity index (χ0n) is 11.6. The van der Waals surface area contributed by atoms with Gasteiger partial charge < -0.3 is 15.4 Å². The Bertz CT molecular complexity index is 434. The summed E-state index contributed by atoms with van der Waals surface area (Å²) in [6.45, 7) is 5.55. The molecular formula is C15H22N2O2. The normalized spacial score (nSPS) is 22.8. The number of anilines is 1. The van der Waals surface area contributed by atoms with Crippen molar-refractivity contribution >= 4 is 11.6 Å². The van der Waals surface area contributed by atoms with Crippen LogP contribution in [0.25, 0.3) is 0 Å². The van der Waals surface area contributed by atoms with E-state index in [1.165, 1.54) is 0 Å². The number of amides is 1. The van der Waals surface area contributed by atoms with Gasteiger partial charge in [0.15, 0.2) is 0 Å². The first kappa shape index (κ1) is 13.9. The van der Waals surface area contributed by atoms with Crippen LogP contribution in [0.2, 0.25) is 0 Å². The quantitative estimate of drug-likeness (QED) is 0.876. The van der Waals surface area contributed by atoms with E-state index in [1.807, 2.05) is 31.2 Å². The molecule has 1 aromatic rings. The summed E-state index contributed by atoms with van der Waals surface area (Å²) >= 11 is 0. The molecule has 104 valence electrons. The van der Waals surface area contributed by atoms with Crippen LogP contribution in [0.4, 0.5) is 5.69 Å². The maximum absolute atomic E-state index is 12.3. The molecule has 1 aliphatic rings. The van der Waals surface area contributed by atoms with Gasteiger partial charge in [0.2, 0.25) is 5.91 Å². The molecule has 19 heavy (non-hydrogen) atoms. The summed E-state index contributed by atoms with van der Waals surface area (Å²) in [4.78, 5) is 12.3. The molecule has 2 N–H and O–H groups in total. The Morgan fingerprint density at radius 1 is 1.47 bits per heavy atom. The summed E-state index contributed by atoms with van der Waals surface area (Å²) in [5.41, 5.74) is 0.744. The molecule has 0 aliphatic carbocycles. The number of hydrogen-bond donors (Lipinski definition) is 2. The van der Waals surface area contributed by atoms with Gasteiger partial charge >= 0.3 is 0 Å². The smallest absolute Gasteiger partial charge is 0.241 e. The summed E-state index contributed by atoms with van der Waals surface area (Å²) in [5.74, 6) is 1.12. The molecule has 2 rings (SSSR count). The predicted molar refractivity (Wildman–Crippen MR) is 76.4 cm³/mol. The lowest BCUT2D eigenvalue weighted by molar-refractivity contribution is -0.119. The highest BCUT2D eigenvalue weighted by atomic mass is 16.5. The van der Waals surface area contributed by atoms with Crippen molar-refractivity contribution in [1.82, 2.24) is 5.32 Å². The van der Waals surface area contributed by atoms with Crippen molar-refractivity contribution < 1.29 is 9.53 Å². The standard InChI is InChI=1S/C15H22N2O2/c1-3-19-13-9-5-4-8-12(13)17-15(18)14-11(2)7-6-10-16-14/h4-5,8-9,11,14,16H,3,6-7,10H2,1-2H3,(H,17,18). The van der Waals surface area contributed by atoms with Gasteiger partial charge in [-0.2, -0.15) is 0 Å². The Morgan fingerprint density at radius 3 is 3.00 bits per heavy atom. The van der Waals surface area contributed by atoms with E-state index in [0.717, 1.165) is 30.8 Å². The van der Waals surface area contributed by atoms with E-state index in [4.69, 9.17) is 4.74 Å². The van der Waals surface area contributed by atoms with Crippen LogP contribution >= 0.6 is 0 Å². The minimum Gasteiger partial charge on any atom is -0.492 e. The number of ether oxygens (including phenoxy) is 1. The van der Waals surface area contributed by atoms with E-state index < -0.39 is 0 Å². The van der Waals surface area contributed by atoms with Crippen LogP contribution in [0.15, 0.2) is 24.3 Å². The van der Waals surface area contributed by atoms with Crippen LogP contribution in [0.1, 0.15) is 26.7 Å². The molecule has 1 amide bonds. The van der Waals surface area contributed by atoms with Crippen molar-refractivity contribution in [2.45, 2.75) is 32.7 Å². The Kier molecular flexibility index (Phi) is 4.80. The van der Waals surface area contributed by atoms with Gasteiger partial charge in [-0.15, -0.1) is 0 Å². The second-order valence-electron chi connectivity index (χ2n) is 4.97. The molecule has 4 nitrogen and oxygen atoms in total. The first-order valence-corrected chi connectivity index (χ1v) is 6.98. The molecule has 0 saturated carbocycles. The summed E-state index contributed by atoms with van der Waals surface area (Å²) in [6.07, 6.45) is 2.23. The molecule has 0 radical (unpaired) electrons. The molecule has 0 spiro atoms. The van der Waals surface area contributed by atoms with Crippen LogP contribution < -0.4 is 15.4 Å². The average Bonchev–Trinajstić information content (AvgIpc) is 2.41. The molecule has 1 aliphatic heterocycles. The van der Waals surface area contributed by atoms with E-state index >= 15 is 0 Å². The molecule has 1 aromatic carbocycles. The maximum atomic E-state index is 12.3. The number of piperidine rings is 1. The third-order valence-corrected chi connectivity index (χ3v) is 3.50. The van der Waals surface area contributed by atoms with E-state index in [0.29, 0.717) is 12.5 Å². The fourth-order valence-corrected chi connectivity index (χ4v) is 2.46. The second kappa shape index (κ2) is 6.57. The van der Waals surface area contributed by atoms with Crippen LogP contribution in [0.5, 0.6) is 5.75 Å². The topological polar surface area (TPSA) is 50.4 Å². The number of para-hydroxylation sites is 2. The largest absolute Gasteiger partial charge is 0.492 e. The van der Waals surface area contributed by atoms with Gasteiger partial charge in [-0.1, -0.05) is 19.1 Å². The molecule has 1 saturated heterocycles. The molecular weight excluding hydrogens is 240 g/mol. The number of carbonyl (C=O) groups is 1. The summed E-state index contributed by atoms with van der Waals surface area (Å²) in [7, 11) is 0. The van der Waals surface area contributed by atoms with Gasteiger partial charge in [0, 0.05) is 0 Å². The van der Waals surface area contributed by atoms with Gasteiger partial charge in [0.25, 0.3) is 0 Å². The SMILES string of the molecule is CCOc1ccccc1NC(=O)C1NCCCC1C. The molecule has 2 atom stereocenters. The van der Waals surface area contributed by atoms with Gasteiger partial charge in [-0.25, -0.2) is 0 Å². The molecule has 0 aromatic heterocycles. The summed E-state index contributed by atoms with van der Waals surface area (Å²) < 4.78 is 5.52. The third-order valence-electron chi connectivity index (χ3n) is 3.50. The van der Waals surface area contributed by atoms with Crippen molar-refractivity contribution in [2.24, 2.45) is 5.92 Å². The Balaban J connectivity index is 2.05. The zero-order valence-corrected chi connectivity index (χ0v) is 11.6. The minimum atomic E-state index is -0.108. The van der Waals surface area contributed by atoms with Crippen LogP contribution in [-0.4, -0.2) is 25.1 Å². The highest BCUT2D eigenvalue weighted by Crippen LogP contribution is 2.25. The van der Waals surface area contributed by atoms with E-state index in [1.54, 1.807) is 0 Å². The van der Waals surface area contributed by atoms with Crippen LogP contribution in [0, 0.1) is 5.92 Å². The molecule has 1 heterocycles. The molecule has 2 unspecified atom stereocenters.